The highest BCUT2D eigenvalue weighted by Gasteiger charge is 2.58. The van der Waals surface area contributed by atoms with E-state index in [1.54, 1.807) is 6.92 Å². The van der Waals surface area contributed by atoms with Crippen LogP contribution in [-0.4, -0.2) is 38.4 Å². The molecule has 32 heavy (non-hydrogen) atoms. The number of hydrogen-bond donors (Lipinski definition) is 0. The average molecular weight is 487 g/mol. The van der Waals surface area contributed by atoms with Crippen LogP contribution in [0.3, 0.4) is 0 Å². The first-order valence-electron chi connectivity index (χ1n) is 8.77. The van der Waals surface area contributed by atoms with E-state index in [-0.39, 0.29) is 16.5 Å². The molecule has 0 aliphatic heterocycles. The second kappa shape index (κ2) is 8.30. The standard InChI is InChI=1S/C18H13F8N3O2S/c1-2-32-15-14(27-12-4-3-10(8-29(12)15)17(21,22)23)28-6-5-11(7-13(28)30)31-9-16(19,20)18(24,25)26/h3-8H,2,9H2,1H3. The Morgan fingerprint density at radius 2 is 1.75 bits per heavy atom. The topological polar surface area (TPSA) is 48.5 Å². The highest BCUT2D eigenvalue weighted by atomic mass is 32.2. The van der Waals surface area contributed by atoms with Crippen LogP contribution in [-0.2, 0) is 6.18 Å². The van der Waals surface area contributed by atoms with Gasteiger partial charge in [0.05, 0.1) is 5.56 Å². The Morgan fingerprint density at radius 3 is 2.31 bits per heavy atom. The number of hydrogen-bond acceptors (Lipinski definition) is 4. The summed E-state index contributed by atoms with van der Waals surface area (Å²) in [6.07, 6.45) is -8.58. The first-order chi connectivity index (χ1) is 14.7. The summed E-state index contributed by atoms with van der Waals surface area (Å²) in [6, 6.07) is 3.60. The summed E-state index contributed by atoms with van der Waals surface area (Å²) in [5, 5.41) is 0.202. The summed E-state index contributed by atoms with van der Waals surface area (Å²) in [5.41, 5.74) is -1.72. The monoisotopic (exact) mass is 487 g/mol. The van der Waals surface area contributed by atoms with Crippen LogP contribution < -0.4 is 10.3 Å². The summed E-state index contributed by atoms with van der Waals surface area (Å²) in [5.74, 6) is -5.28. The van der Waals surface area contributed by atoms with Crippen LogP contribution in [0.4, 0.5) is 35.1 Å². The number of halogens is 8. The maximum atomic E-state index is 13.1. The fourth-order valence-electron chi connectivity index (χ4n) is 2.59. The highest BCUT2D eigenvalue weighted by molar-refractivity contribution is 7.99. The van der Waals surface area contributed by atoms with Crippen molar-refractivity contribution >= 4 is 17.4 Å². The lowest BCUT2D eigenvalue weighted by Gasteiger charge is -2.19. The summed E-state index contributed by atoms with van der Waals surface area (Å²) < 4.78 is 108. The van der Waals surface area contributed by atoms with E-state index >= 15 is 0 Å². The molecule has 0 N–H and O–H groups in total. The summed E-state index contributed by atoms with van der Waals surface area (Å²) in [6.45, 7) is -0.298. The fourth-order valence-corrected chi connectivity index (χ4v) is 3.42. The first kappa shape index (κ1) is 23.9. The highest BCUT2D eigenvalue weighted by Crippen LogP contribution is 2.36. The third kappa shape index (κ3) is 4.69. The molecule has 0 fully saturated rings. The van der Waals surface area contributed by atoms with Gasteiger partial charge >= 0.3 is 18.3 Å². The Hall–Kier alpha value is -2.77. The van der Waals surface area contributed by atoms with Crippen molar-refractivity contribution in [1.82, 2.24) is 14.0 Å². The van der Waals surface area contributed by atoms with Crippen LogP contribution in [0.5, 0.6) is 5.75 Å². The van der Waals surface area contributed by atoms with Gasteiger partial charge in [-0.1, -0.05) is 6.92 Å². The van der Waals surface area contributed by atoms with Gasteiger partial charge in [0.15, 0.2) is 12.4 Å². The van der Waals surface area contributed by atoms with Crippen molar-refractivity contribution in [2.75, 3.05) is 12.4 Å². The SMILES string of the molecule is CCSc1c(-n2ccc(OCC(F)(F)C(F)(F)F)cc2=O)nc2ccc(C(F)(F)F)cn12. The fraction of sp³-hybridized carbons (Fsp3) is 0.333. The molecule has 3 heterocycles. The quantitative estimate of drug-likeness (QED) is 0.355. The zero-order valence-electron chi connectivity index (χ0n) is 16.0. The molecule has 0 spiro atoms. The van der Waals surface area contributed by atoms with Crippen molar-refractivity contribution in [1.29, 1.82) is 0 Å². The van der Waals surface area contributed by atoms with Gasteiger partial charge in [-0.3, -0.25) is 13.8 Å². The van der Waals surface area contributed by atoms with E-state index in [2.05, 4.69) is 9.72 Å². The number of thioether (sulfide) groups is 1. The van der Waals surface area contributed by atoms with Crippen LogP contribution in [0.1, 0.15) is 12.5 Å². The predicted octanol–water partition coefficient (Wildman–Crippen LogP) is 5.19. The van der Waals surface area contributed by atoms with Crippen LogP contribution >= 0.6 is 11.8 Å². The third-order valence-corrected chi connectivity index (χ3v) is 5.06. The molecule has 0 aliphatic rings. The van der Waals surface area contributed by atoms with E-state index < -0.39 is 41.8 Å². The normalized spacial score (nSPS) is 13.0. The number of fused-ring (bicyclic) bond motifs is 1. The van der Waals surface area contributed by atoms with Gasteiger partial charge in [-0.2, -0.15) is 35.1 Å². The van der Waals surface area contributed by atoms with E-state index in [0.29, 0.717) is 11.8 Å². The molecule has 5 nitrogen and oxygen atoms in total. The number of imidazole rings is 1. The smallest absolute Gasteiger partial charge is 0.456 e. The zero-order chi connectivity index (χ0) is 23.9. The largest absolute Gasteiger partial charge is 0.487 e. The van der Waals surface area contributed by atoms with Gasteiger partial charge in [-0.05, 0) is 24.0 Å². The molecule has 0 aliphatic carbocycles. The molecule has 3 aromatic heterocycles. The molecule has 0 atom stereocenters. The van der Waals surface area contributed by atoms with Crippen molar-refractivity contribution in [2.24, 2.45) is 0 Å². The van der Waals surface area contributed by atoms with Crippen LogP contribution in [0.15, 0.2) is 46.5 Å². The molecule has 0 unspecified atom stereocenters. The van der Waals surface area contributed by atoms with Gasteiger partial charge in [-0.25, -0.2) is 4.98 Å². The molecule has 174 valence electrons. The predicted molar refractivity (Wildman–Crippen MR) is 98.7 cm³/mol. The Morgan fingerprint density at radius 1 is 1.06 bits per heavy atom. The minimum atomic E-state index is -5.82. The molecule has 0 saturated carbocycles. The maximum Gasteiger partial charge on any atom is 0.456 e. The number of rotatable bonds is 6. The molecule has 0 bridgehead atoms. The van der Waals surface area contributed by atoms with Gasteiger partial charge < -0.3 is 4.74 Å². The van der Waals surface area contributed by atoms with Crippen molar-refractivity contribution in [3.05, 3.63) is 52.6 Å². The van der Waals surface area contributed by atoms with Crippen LogP contribution in [0.2, 0.25) is 0 Å². The Kier molecular flexibility index (Phi) is 6.19. The van der Waals surface area contributed by atoms with Crippen molar-refractivity contribution in [2.45, 2.75) is 30.2 Å². The summed E-state index contributed by atoms with van der Waals surface area (Å²) >= 11 is 1.10. The van der Waals surface area contributed by atoms with Gasteiger partial charge in [-0.15, -0.1) is 11.8 Å². The van der Waals surface area contributed by atoms with Crippen molar-refractivity contribution in [3.8, 4) is 11.6 Å². The van der Waals surface area contributed by atoms with Gasteiger partial charge in [0.2, 0.25) is 0 Å². The van der Waals surface area contributed by atoms with E-state index in [0.717, 1.165) is 51.3 Å². The summed E-state index contributed by atoms with van der Waals surface area (Å²) in [7, 11) is 0. The van der Waals surface area contributed by atoms with E-state index in [9.17, 15) is 39.9 Å². The molecule has 3 aromatic rings. The average Bonchev–Trinajstić information content (AvgIpc) is 3.03. The lowest BCUT2D eigenvalue weighted by molar-refractivity contribution is -0.290. The Bertz CT molecular complexity index is 1180. The molecule has 0 amide bonds. The number of nitrogens with zero attached hydrogens (tertiary/aromatic N) is 3. The van der Waals surface area contributed by atoms with Crippen LogP contribution in [0.25, 0.3) is 11.5 Å². The van der Waals surface area contributed by atoms with Gasteiger partial charge in [0, 0.05) is 18.5 Å². The van der Waals surface area contributed by atoms with Crippen LogP contribution in [0, 0.1) is 0 Å². The van der Waals surface area contributed by atoms with Crippen molar-refractivity contribution < 1.29 is 39.9 Å². The first-order valence-corrected chi connectivity index (χ1v) is 9.75. The number of pyridine rings is 2. The summed E-state index contributed by atoms with van der Waals surface area (Å²) in [4.78, 5) is 16.6. The Balaban J connectivity index is 2.00. The molecule has 0 saturated heterocycles. The lowest BCUT2D eigenvalue weighted by atomic mass is 10.3. The maximum absolute atomic E-state index is 13.1. The van der Waals surface area contributed by atoms with E-state index in [4.69, 9.17) is 0 Å². The van der Waals surface area contributed by atoms with Gasteiger partial charge in [0.25, 0.3) is 5.56 Å². The molecular formula is C18H13F8N3O2S. The number of alkyl halides is 8. The molecule has 3 rings (SSSR count). The molecular weight excluding hydrogens is 474 g/mol. The molecule has 0 radical (unpaired) electrons. The van der Waals surface area contributed by atoms with Crippen molar-refractivity contribution in [3.63, 3.8) is 0 Å². The number of aromatic nitrogens is 3. The van der Waals surface area contributed by atoms with E-state index in [1.165, 1.54) is 0 Å². The Labute approximate surface area is 178 Å². The second-order valence-electron chi connectivity index (χ2n) is 6.38. The molecule has 0 aromatic carbocycles. The second-order valence-corrected chi connectivity index (χ2v) is 7.63. The minimum absolute atomic E-state index is 0.0339. The number of ether oxygens (including phenoxy) is 1. The zero-order valence-corrected chi connectivity index (χ0v) is 16.8. The van der Waals surface area contributed by atoms with Gasteiger partial charge in [0.1, 0.15) is 16.4 Å². The molecule has 14 heteroatoms. The van der Waals surface area contributed by atoms with E-state index in [1.807, 2.05) is 0 Å². The minimum Gasteiger partial charge on any atom is -0.487 e. The third-order valence-electron chi connectivity index (χ3n) is 4.12. The lowest BCUT2D eigenvalue weighted by Crippen LogP contribution is -2.41.